The first kappa shape index (κ1) is 16.3. The molecule has 0 heterocycles. The van der Waals surface area contributed by atoms with Crippen molar-refractivity contribution in [3.8, 4) is 5.75 Å². The number of benzene rings is 1. The van der Waals surface area contributed by atoms with Gasteiger partial charge in [0.25, 0.3) is 0 Å². The summed E-state index contributed by atoms with van der Waals surface area (Å²) in [6.07, 6.45) is 2.15. The molecule has 0 fully saturated rings. The summed E-state index contributed by atoms with van der Waals surface area (Å²) in [5.74, 6) is 0.909. The van der Waals surface area contributed by atoms with E-state index in [1.807, 2.05) is 26.0 Å². The lowest BCUT2D eigenvalue weighted by molar-refractivity contribution is 0.199. The van der Waals surface area contributed by atoms with E-state index in [4.69, 9.17) is 21.1 Å². The van der Waals surface area contributed by atoms with Crippen LogP contribution in [0, 0.1) is 13.8 Å². The van der Waals surface area contributed by atoms with Gasteiger partial charge in [-0.2, -0.15) is 0 Å². The highest BCUT2D eigenvalue weighted by Gasteiger charge is 2.03. The molecule has 108 valence electrons. The monoisotopic (exact) mass is 285 g/mol. The second-order valence-corrected chi connectivity index (χ2v) is 5.05. The normalized spacial score (nSPS) is 10.7. The molecule has 0 amide bonds. The van der Waals surface area contributed by atoms with Crippen LogP contribution in [0.25, 0.3) is 0 Å². The van der Waals surface area contributed by atoms with E-state index >= 15 is 0 Å². The summed E-state index contributed by atoms with van der Waals surface area (Å²) in [7, 11) is 1.71. The van der Waals surface area contributed by atoms with Crippen LogP contribution in [0.4, 0.5) is 0 Å². The quantitative estimate of drug-likeness (QED) is 0.706. The SMILES string of the molecule is COCCNCCCCOc1cc(C)c(Cl)c(C)c1. The van der Waals surface area contributed by atoms with Gasteiger partial charge >= 0.3 is 0 Å². The molecule has 0 aliphatic heterocycles. The summed E-state index contributed by atoms with van der Waals surface area (Å²) in [6, 6.07) is 3.98. The minimum Gasteiger partial charge on any atom is -0.494 e. The lowest BCUT2D eigenvalue weighted by Crippen LogP contribution is -2.20. The molecule has 4 heteroatoms. The van der Waals surface area contributed by atoms with Crippen LogP contribution in [0.15, 0.2) is 12.1 Å². The zero-order valence-corrected chi connectivity index (χ0v) is 12.8. The summed E-state index contributed by atoms with van der Waals surface area (Å²) >= 11 is 6.12. The van der Waals surface area contributed by atoms with E-state index in [1.165, 1.54) is 0 Å². The van der Waals surface area contributed by atoms with Gasteiger partial charge in [-0.25, -0.2) is 0 Å². The Balaban J connectivity index is 2.16. The first-order chi connectivity index (χ1) is 9.15. The number of methoxy groups -OCH3 is 1. The molecule has 0 saturated carbocycles. The molecule has 0 aromatic heterocycles. The fraction of sp³-hybridized carbons (Fsp3) is 0.600. The van der Waals surface area contributed by atoms with Gasteiger partial charge in [-0.05, 0) is 56.5 Å². The van der Waals surface area contributed by atoms with Crippen LogP contribution < -0.4 is 10.1 Å². The lowest BCUT2D eigenvalue weighted by Gasteiger charge is -2.10. The number of unbranched alkanes of at least 4 members (excludes halogenated alkanes) is 1. The molecule has 1 rings (SSSR count). The van der Waals surface area contributed by atoms with Crippen LogP contribution in [-0.2, 0) is 4.74 Å². The van der Waals surface area contributed by atoms with E-state index in [-0.39, 0.29) is 0 Å². The maximum Gasteiger partial charge on any atom is 0.119 e. The first-order valence-corrected chi connectivity index (χ1v) is 7.12. The van der Waals surface area contributed by atoms with E-state index in [9.17, 15) is 0 Å². The molecule has 19 heavy (non-hydrogen) atoms. The Morgan fingerprint density at radius 3 is 2.37 bits per heavy atom. The number of ether oxygens (including phenoxy) is 2. The summed E-state index contributed by atoms with van der Waals surface area (Å²) in [4.78, 5) is 0. The number of nitrogens with one attached hydrogen (secondary N) is 1. The molecule has 0 aliphatic carbocycles. The van der Waals surface area contributed by atoms with Crippen LogP contribution in [-0.4, -0.2) is 33.4 Å². The predicted octanol–water partition coefficient (Wildman–Crippen LogP) is 3.35. The van der Waals surface area contributed by atoms with E-state index in [0.717, 1.165) is 61.0 Å². The smallest absolute Gasteiger partial charge is 0.119 e. The number of hydrogen-bond acceptors (Lipinski definition) is 3. The van der Waals surface area contributed by atoms with E-state index in [0.29, 0.717) is 0 Å². The number of aryl methyl sites for hydroxylation is 2. The highest BCUT2D eigenvalue weighted by molar-refractivity contribution is 6.32. The van der Waals surface area contributed by atoms with Gasteiger partial charge in [-0.1, -0.05) is 11.6 Å². The average Bonchev–Trinajstić information content (AvgIpc) is 2.39. The Morgan fingerprint density at radius 2 is 1.74 bits per heavy atom. The van der Waals surface area contributed by atoms with Crippen LogP contribution in [0.5, 0.6) is 5.75 Å². The fourth-order valence-corrected chi connectivity index (χ4v) is 1.94. The summed E-state index contributed by atoms with van der Waals surface area (Å²) in [5, 5.41) is 4.14. The number of rotatable bonds is 9. The van der Waals surface area contributed by atoms with E-state index in [1.54, 1.807) is 7.11 Å². The molecule has 0 aliphatic rings. The molecular weight excluding hydrogens is 262 g/mol. The molecule has 1 aromatic carbocycles. The first-order valence-electron chi connectivity index (χ1n) is 6.74. The second-order valence-electron chi connectivity index (χ2n) is 4.67. The molecular formula is C15H24ClNO2. The minimum atomic E-state index is 0.743. The van der Waals surface area contributed by atoms with Gasteiger partial charge in [-0.15, -0.1) is 0 Å². The van der Waals surface area contributed by atoms with E-state index in [2.05, 4.69) is 5.32 Å². The third-order valence-electron chi connectivity index (χ3n) is 2.91. The average molecular weight is 286 g/mol. The Morgan fingerprint density at radius 1 is 1.05 bits per heavy atom. The standard InChI is InChI=1S/C15H24ClNO2/c1-12-10-14(11-13(2)15(12)16)19-8-5-4-6-17-7-9-18-3/h10-11,17H,4-9H2,1-3H3. The van der Waals surface area contributed by atoms with Gasteiger partial charge in [0.1, 0.15) is 5.75 Å². The van der Waals surface area contributed by atoms with Crippen molar-refractivity contribution in [1.82, 2.24) is 5.32 Å². The van der Waals surface area contributed by atoms with Crippen LogP contribution in [0.3, 0.4) is 0 Å². The topological polar surface area (TPSA) is 30.5 Å². The molecule has 0 radical (unpaired) electrons. The van der Waals surface area contributed by atoms with Crippen molar-refractivity contribution < 1.29 is 9.47 Å². The maximum absolute atomic E-state index is 6.12. The van der Waals surface area contributed by atoms with Gasteiger partial charge in [-0.3, -0.25) is 0 Å². The second kappa shape index (κ2) is 9.18. The predicted molar refractivity (Wildman–Crippen MR) is 80.4 cm³/mol. The van der Waals surface area contributed by atoms with Crippen molar-refractivity contribution in [3.05, 3.63) is 28.3 Å². The van der Waals surface area contributed by atoms with Gasteiger partial charge in [0.05, 0.1) is 13.2 Å². The highest BCUT2D eigenvalue weighted by Crippen LogP contribution is 2.25. The van der Waals surface area contributed by atoms with Crippen LogP contribution in [0.1, 0.15) is 24.0 Å². The van der Waals surface area contributed by atoms with Crippen LogP contribution >= 0.6 is 11.6 Å². The highest BCUT2D eigenvalue weighted by atomic mass is 35.5. The molecule has 0 spiro atoms. The molecule has 1 N–H and O–H groups in total. The largest absolute Gasteiger partial charge is 0.494 e. The van der Waals surface area contributed by atoms with Gasteiger partial charge in [0, 0.05) is 18.7 Å². The molecule has 1 aromatic rings. The van der Waals surface area contributed by atoms with Gasteiger partial charge in [0.2, 0.25) is 0 Å². The zero-order valence-electron chi connectivity index (χ0n) is 12.1. The van der Waals surface area contributed by atoms with Crippen molar-refractivity contribution in [2.75, 3.05) is 33.4 Å². The molecule has 0 bridgehead atoms. The van der Waals surface area contributed by atoms with Crippen LogP contribution in [0.2, 0.25) is 5.02 Å². The van der Waals surface area contributed by atoms with E-state index < -0.39 is 0 Å². The molecule has 0 saturated heterocycles. The molecule has 3 nitrogen and oxygen atoms in total. The van der Waals surface area contributed by atoms with Crippen molar-refractivity contribution in [1.29, 1.82) is 0 Å². The number of hydrogen-bond donors (Lipinski definition) is 1. The van der Waals surface area contributed by atoms with Crippen molar-refractivity contribution in [3.63, 3.8) is 0 Å². The van der Waals surface area contributed by atoms with Gasteiger partial charge < -0.3 is 14.8 Å². The maximum atomic E-state index is 6.12. The van der Waals surface area contributed by atoms with Crippen molar-refractivity contribution in [2.24, 2.45) is 0 Å². The van der Waals surface area contributed by atoms with Gasteiger partial charge in [0.15, 0.2) is 0 Å². The third-order valence-corrected chi connectivity index (χ3v) is 3.51. The van der Waals surface area contributed by atoms with Crippen molar-refractivity contribution in [2.45, 2.75) is 26.7 Å². The van der Waals surface area contributed by atoms with Crippen molar-refractivity contribution >= 4 is 11.6 Å². The summed E-state index contributed by atoms with van der Waals surface area (Å²) in [6.45, 7) is 7.43. The molecule has 0 unspecified atom stereocenters. The Labute approximate surface area is 121 Å². The summed E-state index contributed by atoms with van der Waals surface area (Å²) in [5.41, 5.74) is 2.13. The molecule has 0 atom stereocenters. The Hall–Kier alpha value is -0.770. The summed E-state index contributed by atoms with van der Waals surface area (Å²) < 4.78 is 10.7. The number of halogens is 1. The Kier molecular flexibility index (Phi) is 7.87. The minimum absolute atomic E-state index is 0.743. The third kappa shape index (κ3) is 6.28. The fourth-order valence-electron chi connectivity index (χ4n) is 1.83. The Bertz CT molecular complexity index is 359. The lowest BCUT2D eigenvalue weighted by atomic mass is 10.1. The zero-order chi connectivity index (χ0) is 14.1.